The molecular weight excluding hydrogens is 246 g/mol. The molecule has 1 fully saturated rings. The van der Waals surface area contributed by atoms with Crippen molar-refractivity contribution in [2.45, 2.75) is 57.7 Å². The quantitative estimate of drug-likeness (QED) is 0.616. The molecule has 1 saturated heterocycles. The van der Waals surface area contributed by atoms with Gasteiger partial charge in [-0.2, -0.15) is 0 Å². The lowest BCUT2D eigenvalue weighted by atomic mass is 10.1. The standard InChI is InChI=1S/C14H23NO4/c1-5-6-10-7-8-11(15(10)12(17)9-16)13(18)19-14(2,3)4/h5,10-11,16H,1,6-9H2,2-4H3/t10-,11-/m0/s1. The number of ether oxygens (including phenoxy) is 1. The minimum atomic E-state index is -0.594. The Bertz CT molecular complexity index is 359. The molecule has 0 aromatic carbocycles. The van der Waals surface area contributed by atoms with Crippen molar-refractivity contribution in [2.24, 2.45) is 0 Å². The molecule has 0 radical (unpaired) electrons. The molecule has 0 aliphatic carbocycles. The zero-order chi connectivity index (χ0) is 14.6. The van der Waals surface area contributed by atoms with Gasteiger partial charge in [0.2, 0.25) is 5.91 Å². The lowest BCUT2D eigenvalue weighted by Crippen LogP contribution is -2.48. The molecule has 2 atom stereocenters. The summed E-state index contributed by atoms with van der Waals surface area (Å²) >= 11 is 0. The van der Waals surface area contributed by atoms with Gasteiger partial charge in [-0.05, 0) is 40.0 Å². The van der Waals surface area contributed by atoms with Crippen LogP contribution in [0.25, 0.3) is 0 Å². The normalized spacial score (nSPS) is 23.3. The van der Waals surface area contributed by atoms with E-state index in [-0.39, 0.29) is 6.04 Å². The number of hydrogen-bond donors (Lipinski definition) is 1. The van der Waals surface area contributed by atoms with E-state index in [4.69, 9.17) is 9.84 Å². The SMILES string of the molecule is C=CC[C@H]1CC[C@@H](C(=O)OC(C)(C)C)N1C(=O)CO. The number of esters is 1. The van der Waals surface area contributed by atoms with Crippen molar-refractivity contribution in [3.8, 4) is 0 Å². The summed E-state index contributed by atoms with van der Waals surface area (Å²) in [5.41, 5.74) is -0.582. The highest BCUT2D eigenvalue weighted by Crippen LogP contribution is 2.28. The topological polar surface area (TPSA) is 66.8 Å². The monoisotopic (exact) mass is 269 g/mol. The highest BCUT2D eigenvalue weighted by atomic mass is 16.6. The molecular formula is C14H23NO4. The molecule has 19 heavy (non-hydrogen) atoms. The first-order chi connectivity index (χ1) is 8.80. The number of amides is 1. The van der Waals surface area contributed by atoms with E-state index < -0.39 is 30.1 Å². The summed E-state index contributed by atoms with van der Waals surface area (Å²) in [5, 5.41) is 9.04. The van der Waals surface area contributed by atoms with Gasteiger partial charge >= 0.3 is 5.97 Å². The van der Waals surface area contributed by atoms with E-state index in [9.17, 15) is 9.59 Å². The summed E-state index contributed by atoms with van der Waals surface area (Å²) in [7, 11) is 0. The van der Waals surface area contributed by atoms with Crippen molar-refractivity contribution in [2.75, 3.05) is 6.61 Å². The maximum Gasteiger partial charge on any atom is 0.329 e. The van der Waals surface area contributed by atoms with Gasteiger partial charge in [0, 0.05) is 6.04 Å². The van der Waals surface area contributed by atoms with Gasteiger partial charge < -0.3 is 14.7 Å². The van der Waals surface area contributed by atoms with E-state index in [0.29, 0.717) is 12.8 Å². The molecule has 0 unspecified atom stereocenters. The Hall–Kier alpha value is -1.36. The van der Waals surface area contributed by atoms with E-state index in [1.165, 1.54) is 4.90 Å². The first-order valence-electron chi connectivity index (χ1n) is 6.56. The molecule has 0 spiro atoms. The van der Waals surface area contributed by atoms with Crippen LogP contribution >= 0.6 is 0 Å². The van der Waals surface area contributed by atoms with Crippen LogP contribution in [0.15, 0.2) is 12.7 Å². The zero-order valence-electron chi connectivity index (χ0n) is 11.9. The Balaban J connectivity index is 2.84. The lowest BCUT2D eigenvalue weighted by molar-refractivity contribution is -0.164. The van der Waals surface area contributed by atoms with E-state index >= 15 is 0 Å². The van der Waals surface area contributed by atoms with Gasteiger partial charge in [0.15, 0.2) is 0 Å². The number of nitrogens with zero attached hydrogens (tertiary/aromatic N) is 1. The van der Waals surface area contributed by atoms with E-state index in [1.807, 2.05) is 0 Å². The molecule has 5 nitrogen and oxygen atoms in total. The van der Waals surface area contributed by atoms with Gasteiger partial charge in [0.05, 0.1) is 0 Å². The van der Waals surface area contributed by atoms with Crippen LogP contribution in [0.5, 0.6) is 0 Å². The van der Waals surface area contributed by atoms with Gasteiger partial charge in [-0.25, -0.2) is 4.79 Å². The Labute approximate surface area is 114 Å². The molecule has 1 aliphatic heterocycles. The van der Waals surface area contributed by atoms with Crippen molar-refractivity contribution in [1.82, 2.24) is 4.90 Å². The molecule has 0 saturated carbocycles. The lowest BCUT2D eigenvalue weighted by Gasteiger charge is -2.30. The van der Waals surface area contributed by atoms with Crippen molar-refractivity contribution in [3.05, 3.63) is 12.7 Å². The Morgan fingerprint density at radius 1 is 1.42 bits per heavy atom. The van der Waals surface area contributed by atoms with E-state index in [2.05, 4.69) is 6.58 Å². The average molecular weight is 269 g/mol. The fourth-order valence-electron chi connectivity index (χ4n) is 2.37. The van der Waals surface area contributed by atoms with Crippen LogP contribution in [0, 0.1) is 0 Å². The van der Waals surface area contributed by atoms with E-state index in [0.717, 1.165) is 6.42 Å². The third kappa shape index (κ3) is 4.06. The maximum atomic E-state index is 12.1. The number of carbonyl (C=O) groups is 2. The Morgan fingerprint density at radius 2 is 2.05 bits per heavy atom. The number of aliphatic hydroxyl groups excluding tert-OH is 1. The van der Waals surface area contributed by atoms with Crippen LogP contribution in [-0.4, -0.2) is 46.2 Å². The largest absolute Gasteiger partial charge is 0.458 e. The summed E-state index contributed by atoms with van der Waals surface area (Å²) in [6.45, 7) is 8.44. The van der Waals surface area contributed by atoms with Crippen LogP contribution in [0.4, 0.5) is 0 Å². The first kappa shape index (κ1) is 15.7. The van der Waals surface area contributed by atoms with Crippen molar-refractivity contribution in [3.63, 3.8) is 0 Å². The first-order valence-corrected chi connectivity index (χ1v) is 6.56. The second kappa shape index (κ2) is 6.19. The van der Waals surface area contributed by atoms with Gasteiger partial charge in [-0.3, -0.25) is 4.79 Å². The molecule has 5 heteroatoms. The van der Waals surface area contributed by atoms with Crippen LogP contribution in [-0.2, 0) is 14.3 Å². The van der Waals surface area contributed by atoms with Crippen LogP contribution in [0.2, 0.25) is 0 Å². The summed E-state index contributed by atoms with van der Waals surface area (Å²) in [4.78, 5) is 25.4. The fourth-order valence-corrected chi connectivity index (χ4v) is 2.37. The minimum Gasteiger partial charge on any atom is -0.458 e. The van der Waals surface area contributed by atoms with Gasteiger partial charge in [-0.15, -0.1) is 6.58 Å². The molecule has 1 N–H and O–H groups in total. The molecule has 1 aliphatic rings. The van der Waals surface area contributed by atoms with Crippen molar-refractivity contribution < 1.29 is 19.4 Å². The summed E-state index contributed by atoms with van der Waals surface area (Å²) in [6, 6.07) is -0.668. The van der Waals surface area contributed by atoms with E-state index in [1.54, 1.807) is 26.8 Å². The predicted molar refractivity (Wildman–Crippen MR) is 71.4 cm³/mol. The van der Waals surface area contributed by atoms with Gasteiger partial charge in [0.25, 0.3) is 0 Å². The molecule has 1 heterocycles. The third-order valence-electron chi connectivity index (χ3n) is 3.04. The van der Waals surface area contributed by atoms with Crippen molar-refractivity contribution in [1.29, 1.82) is 0 Å². The molecule has 0 aromatic heterocycles. The number of carbonyl (C=O) groups excluding carboxylic acids is 2. The summed E-state index contributed by atoms with van der Waals surface area (Å²) in [5.74, 6) is -0.832. The molecule has 0 bridgehead atoms. The summed E-state index contributed by atoms with van der Waals surface area (Å²) in [6.07, 6.45) is 3.63. The summed E-state index contributed by atoms with van der Waals surface area (Å²) < 4.78 is 5.33. The molecule has 1 amide bonds. The maximum absolute atomic E-state index is 12.1. The molecule has 108 valence electrons. The fraction of sp³-hybridized carbons (Fsp3) is 0.714. The Kier molecular flexibility index (Phi) is 5.11. The van der Waals surface area contributed by atoms with Gasteiger partial charge in [0.1, 0.15) is 18.2 Å². The zero-order valence-corrected chi connectivity index (χ0v) is 11.9. The number of hydrogen-bond acceptors (Lipinski definition) is 4. The number of aliphatic hydroxyl groups is 1. The minimum absolute atomic E-state index is 0.0744. The smallest absolute Gasteiger partial charge is 0.329 e. The predicted octanol–water partition coefficient (Wildman–Crippen LogP) is 1.26. The van der Waals surface area contributed by atoms with Crippen LogP contribution in [0.1, 0.15) is 40.0 Å². The van der Waals surface area contributed by atoms with Crippen LogP contribution in [0.3, 0.4) is 0 Å². The highest BCUT2D eigenvalue weighted by molar-refractivity contribution is 5.86. The van der Waals surface area contributed by atoms with Gasteiger partial charge in [-0.1, -0.05) is 6.08 Å². The molecule has 1 rings (SSSR count). The number of rotatable bonds is 4. The average Bonchev–Trinajstić information content (AvgIpc) is 2.70. The third-order valence-corrected chi connectivity index (χ3v) is 3.04. The number of likely N-dealkylation sites (tertiary alicyclic amines) is 1. The van der Waals surface area contributed by atoms with Crippen molar-refractivity contribution >= 4 is 11.9 Å². The second-order valence-corrected chi connectivity index (χ2v) is 5.76. The highest BCUT2D eigenvalue weighted by Gasteiger charge is 2.41. The van der Waals surface area contributed by atoms with Crippen LogP contribution < -0.4 is 0 Å². The molecule has 0 aromatic rings. The Morgan fingerprint density at radius 3 is 2.53 bits per heavy atom. The second-order valence-electron chi connectivity index (χ2n) is 5.76.